The lowest BCUT2D eigenvalue weighted by atomic mass is 9.99. The van der Waals surface area contributed by atoms with Crippen molar-refractivity contribution in [1.29, 1.82) is 0 Å². The van der Waals surface area contributed by atoms with Crippen molar-refractivity contribution in [3.05, 3.63) is 0 Å². The van der Waals surface area contributed by atoms with Crippen LogP contribution in [0.5, 0.6) is 0 Å². The minimum atomic E-state index is -0.0672. The molecule has 0 N–H and O–H groups in total. The molecule has 1 atom stereocenters. The number of carbonyl (C=O) groups excluding carboxylic acids is 1. The first-order valence-corrected chi connectivity index (χ1v) is 8.77. The molecule has 20 heavy (non-hydrogen) atoms. The van der Waals surface area contributed by atoms with Crippen LogP contribution < -0.4 is 0 Å². The van der Waals surface area contributed by atoms with Gasteiger partial charge in [-0.2, -0.15) is 0 Å². The summed E-state index contributed by atoms with van der Waals surface area (Å²) in [4.78, 5) is 10.9. The van der Waals surface area contributed by atoms with Gasteiger partial charge in [-0.25, -0.2) is 0 Å². The molecule has 0 aliphatic rings. The molecular weight excluding hydrogens is 248 g/mol. The van der Waals surface area contributed by atoms with Crippen molar-refractivity contribution < 1.29 is 9.53 Å². The molecule has 0 fully saturated rings. The van der Waals surface area contributed by atoms with Crippen LogP contribution in [0.15, 0.2) is 0 Å². The fourth-order valence-electron chi connectivity index (χ4n) is 2.48. The van der Waals surface area contributed by atoms with E-state index in [4.69, 9.17) is 0 Å². The molecular formula is C18H36O2. The number of esters is 1. The van der Waals surface area contributed by atoms with E-state index in [-0.39, 0.29) is 5.97 Å². The van der Waals surface area contributed by atoms with Crippen molar-refractivity contribution in [1.82, 2.24) is 0 Å². The fourth-order valence-corrected chi connectivity index (χ4v) is 2.48. The van der Waals surface area contributed by atoms with E-state index in [2.05, 4.69) is 18.6 Å². The second-order valence-corrected chi connectivity index (χ2v) is 6.16. The van der Waals surface area contributed by atoms with Gasteiger partial charge in [-0.05, 0) is 12.3 Å². The summed E-state index contributed by atoms with van der Waals surface area (Å²) in [5, 5.41) is 0. The number of methoxy groups -OCH3 is 1. The maximum atomic E-state index is 10.9. The van der Waals surface area contributed by atoms with Crippen molar-refractivity contribution >= 4 is 5.97 Å². The molecule has 0 bridgehead atoms. The Morgan fingerprint density at radius 2 is 1.30 bits per heavy atom. The Kier molecular flexibility index (Phi) is 14.5. The molecule has 0 saturated heterocycles. The van der Waals surface area contributed by atoms with Crippen LogP contribution >= 0.6 is 0 Å². The maximum Gasteiger partial charge on any atom is 0.305 e. The molecule has 0 aliphatic heterocycles. The third-order valence-corrected chi connectivity index (χ3v) is 4.25. The number of hydrogen-bond donors (Lipinski definition) is 0. The lowest BCUT2D eigenvalue weighted by Crippen LogP contribution is -1.99. The third kappa shape index (κ3) is 13.9. The van der Waals surface area contributed by atoms with E-state index in [0.717, 1.165) is 12.3 Å². The first-order valence-electron chi connectivity index (χ1n) is 8.77. The van der Waals surface area contributed by atoms with Crippen LogP contribution in [-0.2, 0) is 9.53 Å². The fraction of sp³-hybridized carbons (Fsp3) is 0.944. The summed E-state index contributed by atoms with van der Waals surface area (Å²) < 4.78 is 4.62. The zero-order chi connectivity index (χ0) is 15.1. The van der Waals surface area contributed by atoms with Crippen LogP contribution in [0, 0.1) is 5.92 Å². The van der Waals surface area contributed by atoms with Gasteiger partial charge in [0.1, 0.15) is 0 Å². The molecule has 120 valence electrons. The lowest BCUT2D eigenvalue weighted by molar-refractivity contribution is -0.140. The predicted molar refractivity (Wildman–Crippen MR) is 86.9 cm³/mol. The normalized spacial score (nSPS) is 12.3. The molecule has 0 radical (unpaired) electrons. The molecule has 0 amide bonds. The molecule has 0 unspecified atom stereocenters. The highest BCUT2D eigenvalue weighted by Gasteiger charge is 2.00. The van der Waals surface area contributed by atoms with Gasteiger partial charge >= 0.3 is 5.97 Å². The highest BCUT2D eigenvalue weighted by molar-refractivity contribution is 5.68. The highest BCUT2D eigenvalue weighted by Crippen LogP contribution is 2.15. The van der Waals surface area contributed by atoms with E-state index in [1.165, 1.54) is 77.7 Å². The number of rotatable bonds is 14. The van der Waals surface area contributed by atoms with Gasteiger partial charge in [0.2, 0.25) is 0 Å². The minimum absolute atomic E-state index is 0.0672. The van der Waals surface area contributed by atoms with Crippen LogP contribution in [-0.4, -0.2) is 13.1 Å². The van der Waals surface area contributed by atoms with E-state index < -0.39 is 0 Å². The first-order chi connectivity index (χ1) is 9.70. The molecule has 0 spiro atoms. The molecule has 0 aromatic heterocycles. The SMILES string of the molecule is CC[C@@H](C)CCCCCCCCCCCCC(=O)OC. The summed E-state index contributed by atoms with van der Waals surface area (Å²) >= 11 is 0. The molecule has 0 aromatic carbocycles. The van der Waals surface area contributed by atoms with Crippen LogP contribution in [0.3, 0.4) is 0 Å². The topological polar surface area (TPSA) is 26.3 Å². The van der Waals surface area contributed by atoms with Gasteiger partial charge < -0.3 is 4.74 Å². The Morgan fingerprint density at radius 1 is 0.850 bits per heavy atom. The Bertz CT molecular complexity index is 213. The summed E-state index contributed by atoms with van der Waals surface area (Å²) in [5.74, 6) is 0.849. The maximum absolute atomic E-state index is 10.9. The smallest absolute Gasteiger partial charge is 0.305 e. The second-order valence-electron chi connectivity index (χ2n) is 6.16. The average molecular weight is 284 g/mol. The minimum Gasteiger partial charge on any atom is -0.469 e. The van der Waals surface area contributed by atoms with E-state index in [1.54, 1.807) is 0 Å². The van der Waals surface area contributed by atoms with E-state index in [0.29, 0.717) is 6.42 Å². The van der Waals surface area contributed by atoms with Crippen LogP contribution in [0.2, 0.25) is 0 Å². The number of carbonyl (C=O) groups is 1. The quantitative estimate of drug-likeness (QED) is 0.294. The van der Waals surface area contributed by atoms with Gasteiger partial charge in [0.05, 0.1) is 7.11 Å². The summed E-state index contributed by atoms with van der Waals surface area (Å²) in [7, 11) is 1.46. The van der Waals surface area contributed by atoms with Gasteiger partial charge in [0.25, 0.3) is 0 Å². The van der Waals surface area contributed by atoms with E-state index in [9.17, 15) is 4.79 Å². The van der Waals surface area contributed by atoms with Crippen molar-refractivity contribution in [2.45, 2.75) is 97.3 Å². The average Bonchev–Trinajstić information content (AvgIpc) is 2.47. The van der Waals surface area contributed by atoms with Crippen LogP contribution in [0.4, 0.5) is 0 Å². The zero-order valence-corrected chi connectivity index (χ0v) is 14.1. The largest absolute Gasteiger partial charge is 0.469 e. The first kappa shape index (κ1) is 19.5. The Morgan fingerprint density at radius 3 is 1.75 bits per heavy atom. The Balaban J connectivity index is 3.04. The van der Waals surface area contributed by atoms with Crippen LogP contribution in [0.25, 0.3) is 0 Å². The van der Waals surface area contributed by atoms with E-state index >= 15 is 0 Å². The van der Waals surface area contributed by atoms with Gasteiger partial charge in [-0.3, -0.25) is 4.79 Å². The summed E-state index contributed by atoms with van der Waals surface area (Å²) in [6.07, 6.45) is 16.5. The Labute approximate surface area is 126 Å². The highest BCUT2D eigenvalue weighted by atomic mass is 16.5. The lowest BCUT2D eigenvalue weighted by Gasteiger charge is -2.07. The van der Waals surface area contributed by atoms with Gasteiger partial charge in [0.15, 0.2) is 0 Å². The van der Waals surface area contributed by atoms with E-state index in [1.807, 2.05) is 0 Å². The summed E-state index contributed by atoms with van der Waals surface area (Å²) in [5.41, 5.74) is 0. The Hall–Kier alpha value is -0.530. The summed E-state index contributed by atoms with van der Waals surface area (Å²) in [6.45, 7) is 4.65. The van der Waals surface area contributed by atoms with Crippen molar-refractivity contribution in [3.63, 3.8) is 0 Å². The van der Waals surface area contributed by atoms with Gasteiger partial charge in [-0.1, -0.05) is 84.5 Å². The second kappa shape index (κ2) is 14.9. The van der Waals surface area contributed by atoms with Crippen LogP contribution in [0.1, 0.15) is 97.3 Å². The zero-order valence-electron chi connectivity index (χ0n) is 14.1. The van der Waals surface area contributed by atoms with Crippen molar-refractivity contribution in [2.24, 2.45) is 5.92 Å². The molecule has 0 aromatic rings. The van der Waals surface area contributed by atoms with Crippen molar-refractivity contribution in [2.75, 3.05) is 7.11 Å². The number of unbranched alkanes of at least 4 members (excludes halogenated alkanes) is 9. The summed E-state index contributed by atoms with van der Waals surface area (Å²) in [6, 6.07) is 0. The van der Waals surface area contributed by atoms with Gasteiger partial charge in [-0.15, -0.1) is 0 Å². The molecule has 0 saturated carbocycles. The predicted octanol–water partition coefficient (Wildman–Crippen LogP) is 5.89. The van der Waals surface area contributed by atoms with Gasteiger partial charge in [0, 0.05) is 6.42 Å². The molecule has 2 heteroatoms. The molecule has 0 heterocycles. The third-order valence-electron chi connectivity index (χ3n) is 4.25. The number of ether oxygens (including phenoxy) is 1. The molecule has 0 rings (SSSR count). The monoisotopic (exact) mass is 284 g/mol. The standard InChI is InChI=1S/C18H36O2/c1-4-17(2)15-13-11-9-7-5-6-8-10-12-14-16-18(19)20-3/h17H,4-16H2,1-3H3/t17-/m1/s1. The number of hydrogen-bond acceptors (Lipinski definition) is 2. The molecule has 2 nitrogen and oxygen atoms in total. The van der Waals surface area contributed by atoms with Crippen molar-refractivity contribution in [3.8, 4) is 0 Å². The molecule has 0 aliphatic carbocycles.